The number of halogens is 1. The first-order chi connectivity index (χ1) is 8.99. The fourth-order valence-electron chi connectivity index (χ4n) is 1.97. The first kappa shape index (κ1) is 13.1. The van der Waals surface area contributed by atoms with Gasteiger partial charge >= 0.3 is 5.97 Å². The van der Waals surface area contributed by atoms with Gasteiger partial charge in [0.2, 0.25) is 0 Å². The Bertz CT molecular complexity index is 535. The van der Waals surface area contributed by atoms with E-state index in [9.17, 15) is 19.1 Å². The molecule has 0 aliphatic heterocycles. The van der Waals surface area contributed by atoms with E-state index in [0.717, 1.165) is 6.07 Å². The van der Waals surface area contributed by atoms with Crippen molar-refractivity contribution in [3.8, 4) is 5.75 Å². The van der Waals surface area contributed by atoms with E-state index in [2.05, 4.69) is 5.32 Å². The highest BCUT2D eigenvalue weighted by Crippen LogP contribution is 2.22. The first-order valence-corrected chi connectivity index (χ1v) is 5.68. The molecule has 5 nitrogen and oxygen atoms in total. The monoisotopic (exact) mass is 265 g/mol. The van der Waals surface area contributed by atoms with Crippen molar-refractivity contribution >= 4 is 11.9 Å². The average molecular weight is 265 g/mol. The maximum Gasteiger partial charge on any atom is 0.310 e. The van der Waals surface area contributed by atoms with E-state index in [1.807, 2.05) is 0 Å². The summed E-state index contributed by atoms with van der Waals surface area (Å²) in [5.41, 5.74) is -0.435. The van der Waals surface area contributed by atoms with Gasteiger partial charge in [-0.1, -0.05) is 18.2 Å². The summed E-state index contributed by atoms with van der Waals surface area (Å²) in [5.74, 6) is -3.67. The van der Waals surface area contributed by atoms with Gasteiger partial charge in [0.05, 0.1) is 5.92 Å². The molecule has 1 aromatic carbocycles. The van der Waals surface area contributed by atoms with Crippen LogP contribution in [0.3, 0.4) is 0 Å². The van der Waals surface area contributed by atoms with Crippen molar-refractivity contribution in [1.82, 2.24) is 5.32 Å². The minimum Gasteiger partial charge on any atom is -0.507 e. The quantitative estimate of drug-likeness (QED) is 0.719. The number of phenols is 1. The molecule has 0 fully saturated rings. The highest BCUT2D eigenvalue weighted by Gasteiger charge is 2.27. The summed E-state index contributed by atoms with van der Waals surface area (Å²) in [7, 11) is 0. The van der Waals surface area contributed by atoms with Crippen molar-refractivity contribution in [2.24, 2.45) is 5.92 Å². The number of rotatable bonds is 3. The fraction of sp³-hybridized carbons (Fsp3) is 0.231. The predicted octanol–water partition coefficient (Wildman–Crippen LogP) is 1.29. The number of aromatic hydroxyl groups is 1. The first-order valence-electron chi connectivity index (χ1n) is 5.68. The molecule has 3 N–H and O–H groups in total. The third-order valence-electron chi connectivity index (χ3n) is 2.94. The second kappa shape index (κ2) is 5.09. The van der Waals surface area contributed by atoms with E-state index >= 15 is 0 Å². The van der Waals surface area contributed by atoms with Crippen LogP contribution < -0.4 is 5.32 Å². The Morgan fingerprint density at radius 3 is 2.63 bits per heavy atom. The van der Waals surface area contributed by atoms with Gasteiger partial charge in [0.25, 0.3) is 5.91 Å². The van der Waals surface area contributed by atoms with Gasteiger partial charge in [-0.2, -0.15) is 0 Å². The van der Waals surface area contributed by atoms with Gasteiger partial charge in [0, 0.05) is 6.04 Å². The van der Waals surface area contributed by atoms with E-state index in [1.54, 1.807) is 6.08 Å². The maximum absolute atomic E-state index is 13.4. The molecule has 0 saturated carbocycles. The van der Waals surface area contributed by atoms with Gasteiger partial charge < -0.3 is 15.5 Å². The molecule has 0 spiro atoms. The van der Waals surface area contributed by atoms with Crippen LogP contribution in [0.4, 0.5) is 4.39 Å². The number of nitrogens with one attached hydrogen (secondary N) is 1. The molecule has 100 valence electrons. The molecule has 0 aromatic heterocycles. The Morgan fingerprint density at radius 2 is 2.05 bits per heavy atom. The number of amides is 1. The summed E-state index contributed by atoms with van der Waals surface area (Å²) in [6, 6.07) is 3.09. The Hall–Kier alpha value is -2.37. The zero-order chi connectivity index (χ0) is 14.0. The molecule has 1 aliphatic carbocycles. The Morgan fingerprint density at radius 1 is 1.32 bits per heavy atom. The summed E-state index contributed by atoms with van der Waals surface area (Å²) in [5, 5.41) is 20.7. The molecule has 2 atom stereocenters. The lowest BCUT2D eigenvalue weighted by atomic mass is 10.1. The van der Waals surface area contributed by atoms with Crippen LogP contribution in [0, 0.1) is 11.7 Å². The van der Waals surface area contributed by atoms with E-state index in [1.165, 1.54) is 18.2 Å². The predicted molar refractivity (Wildman–Crippen MR) is 64.2 cm³/mol. The van der Waals surface area contributed by atoms with Gasteiger partial charge in [-0.15, -0.1) is 0 Å². The molecule has 1 aliphatic rings. The summed E-state index contributed by atoms with van der Waals surface area (Å²) in [4.78, 5) is 22.6. The molecule has 0 heterocycles. The van der Waals surface area contributed by atoms with Gasteiger partial charge in [-0.3, -0.25) is 9.59 Å². The Balaban J connectivity index is 2.07. The second-order valence-corrected chi connectivity index (χ2v) is 4.28. The largest absolute Gasteiger partial charge is 0.507 e. The highest BCUT2D eigenvalue weighted by molar-refractivity contribution is 5.97. The van der Waals surface area contributed by atoms with Crippen LogP contribution in [0.5, 0.6) is 5.75 Å². The molecule has 2 rings (SSSR count). The summed E-state index contributed by atoms with van der Waals surface area (Å²) in [6.45, 7) is 0. The second-order valence-electron chi connectivity index (χ2n) is 4.28. The number of carboxylic acids is 1. The molecule has 0 saturated heterocycles. The minimum atomic E-state index is -0.971. The van der Waals surface area contributed by atoms with Gasteiger partial charge in [0.15, 0.2) is 0 Å². The molecule has 1 amide bonds. The van der Waals surface area contributed by atoms with Crippen molar-refractivity contribution in [2.45, 2.75) is 12.5 Å². The molecule has 0 bridgehead atoms. The Kier molecular flexibility index (Phi) is 3.50. The van der Waals surface area contributed by atoms with Crippen molar-refractivity contribution in [3.63, 3.8) is 0 Å². The molecule has 6 heteroatoms. The van der Waals surface area contributed by atoms with Crippen molar-refractivity contribution in [1.29, 1.82) is 0 Å². The van der Waals surface area contributed by atoms with Crippen LogP contribution in [-0.2, 0) is 4.79 Å². The van der Waals surface area contributed by atoms with E-state index < -0.39 is 41.0 Å². The van der Waals surface area contributed by atoms with Gasteiger partial charge in [0.1, 0.15) is 17.1 Å². The van der Waals surface area contributed by atoms with Crippen LogP contribution in [0.15, 0.2) is 30.4 Å². The van der Waals surface area contributed by atoms with Crippen molar-refractivity contribution in [3.05, 3.63) is 41.7 Å². The zero-order valence-electron chi connectivity index (χ0n) is 9.84. The van der Waals surface area contributed by atoms with Crippen LogP contribution >= 0.6 is 0 Å². The van der Waals surface area contributed by atoms with Crippen LogP contribution in [-0.4, -0.2) is 28.1 Å². The smallest absolute Gasteiger partial charge is 0.310 e. The maximum atomic E-state index is 13.4. The lowest BCUT2D eigenvalue weighted by molar-refractivity contribution is -0.140. The van der Waals surface area contributed by atoms with Crippen molar-refractivity contribution in [2.75, 3.05) is 0 Å². The SMILES string of the molecule is O=C(NC1C=CC(C(=O)O)C1)c1c(O)cccc1F. The Labute approximate surface area is 108 Å². The highest BCUT2D eigenvalue weighted by atomic mass is 19.1. The number of carbonyl (C=O) groups is 2. The molecule has 19 heavy (non-hydrogen) atoms. The summed E-state index contributed by atoms with van der Waals surface area (Å²) < 4.78 is 13.4. The number of phenolic OH excluding ortho intramolecular Hbond substituents is 1. The topological polar surface area (TPSA) is 86.6 Å². The lowest BCUT2D eigenvalue weighted by Gasteiger charge is -2.13. The standard InChI is InChI=1S/C13H12FNO4/c14-9-2-1-3-10(16)11(9)12(17)15-8-5-4-7(6-8)13(18)19/h1-5,7-8,16H,6H2,(H,15,17)(H,18,19). The molecule has 2 unspecified atom stereocenters. The third kappa shape index (κ3) is 2.73. The van der Waals surface area contributed by atoms with Gasteiger partial charge in [-0.25, -0.2) is 4.39 Å². The molecular formula is C13H12FNO4. The third-order valence-corrected chi connectivity index (χ3v) is 2.94. The number of aliphatic carboxylic acids is 1. The molecule has 1 aromatic rings. The fourth-order valence-corrected chi connectivity index (χ4v) is 1.97. The number of carbonyl (C=O) groups excluding carboxylic acids is 1. The normalized spacial score (nSPS) is 21.3. The minimum absolute atomic E-state index is 0.219. The van der Waals surface area contributed by atoms with E-state index in [4.69, 9.17) is 5.11 Å². The molecular weight excluding hydrogens is 253 g/mol. The lowest BCUT2D eigenvalue weighted by Crippen LogP contribution is -2.33. The van der Waals surface area contributed by atoms with Crippen molar-refractivity contribution < 1.29 is 24.2 Å². The molecule has 0 radical (unpaired) electrons. The summed E-state index contributed by atoms with van der Waals surface area (Å²) in [6.07, 6.45) is 3.25. The van der Waals surface area contributed by atoms with Crippen LogP contribution in [0.2, 0.25) is 0 Å². The van der Waals surface area contributed by atoms with Crippen LogP contribution in [0.25, 0.3) is 0 Å². The number of carboxylic acid groups (broad SMARTS) is 1. The van der Waals surface area contributed by atoms with E-state index in [0.29, 0.717) is 0 Å². The summed E-state index contributed by atoms with van der Waals surface area (Å²) >= 11 is 0. The average Bonchev–Trinajstić information content (AvgIpc) is 2.77. The number of benzene rings is 1. The van der Waals surface area contributed by atoms with Gasteiger partial charge in [-0.05, 0) is 18.6 Å². The number of hydrogen-bond acceptors (Lipinski definition) is 3. The number of hydrogen-bond donors (Lipinski definition) is 3. The van der Waals surface area contributed by atoms with Crippen LogP contribution in [0.1, 0.15) is 16.8 Å². The zero-order valence-corrected chi connectivity index (χ0v) is 9.84. The van der Waals surface area contributed by atoms with E-state index in [-0.39, 0.29) is 6.42 Å².